The third-order valence-electron chi connectivity index (χ3n) is 4.88. The van der Waals surface area contributed by atoms with Crippen LogP contribution < -0.4 is 5.32 Å². The first-order chi connectivity index (χ1) is 12.1. The fraction of sp³-hybridized carbons (Fsp3) is 0.400. The van der Waals surface area contributed by atoms with E-state index in [-0.39, 0.29) is 11.5 Å². The number of nitrogens with zero attached hydrogens (tertiary/aromatic N) is 2. The van der Waals surface area contributed by atoms with Crippen LogP contribution in [0.25, 0.3) is 6.08 Å². The molecule has 2 aromatic heterocycles. The largest absolute Gasteiger partial charge is 0.347 e. The van der Waals surface area contributed by atoms with E-state index >= 15 is 0 Å². The Kier molecular flexibility index (Phi) is 5.40. The zero-order valence-electron chi connectivity index (χ0n) is 14.7. The maximum atomic E-state index is 12.3. The van der Waals surface area contributed by atoms with Gasteiger partial charge in [0.2, 0.25) is 0 Å². The van der Waals surface area contributed by atoms with Gasteiger partial charge in [0.25, 0.3) is 5.91 Å². The Morgan fingerprint density at radius 2 is 2.20 bits per heavy atom. The monoisotopic (exact) mass is 353 g/mol. The molecule has 0 bridgehead atoms. The zero-order valence-corrected chi connectivity index (χ0v) is 15.5. The number of aromatic nitrogens is 1. The lowest BCUT2D eigenvalue weighted by molar-refractivity contribution is -0.117. The standard InChI is InChI=1S/C20H23N3OS/c1-14-10-16(15(2)23(14)18-6-3-4-7-18)11-17(12-21)20(24)22-13-19-8-5-9-25-19/h5,8-11,18H,3-4,6-7,13H2,1-2H3,(H,22,24). The van der Waals surface area contributed by atoms with Crippen LogP contribution in [0.1, 0.15) is 53.6 Å². The molecule has 3 rings (SSSR count). The summed E-state index contributed by atoms with van der Waals surface area (Å²) < 4.78 is 2.37. The van der Waals surface area contributed by atoms with Crippen LogP contribution in [-0.4, -0.2) is 10.5 Å². The third-order valence-corrected chi connectivity index (χ3v) is 5.76. The molecule has 0 unspecified atom stereocenters. The van der Waals surface area contributed by atoms with Gasteiger partial charge in [-0.2, -0.15) is 5.26 Å². The minimum atomic E-state index is -0.318. The van der Waals surface area contributed by atoms with Crippen LogP contribution in [0.3, 0.4) is 0 Å². The summed E-state index contributed by atoms with van der Waals surface area (Å²) in [6.45, 7) is 4.64. The Balaban J connectivity index is 1.78. The van der Waals surface area contributed by atoms with E-state index in [9.17, 15) is 10.1 Å². The van der Waals surface area contributed by atoms with Gasteiger partial charge in [0.1, 0.15) is 11.6 Å². The minimum absolute atomic E-state index is 0.156. The van der Waals surface area contributed by atoms with Gasteiger partial charge in [-0.3, -0.25) is 4.79 Å². The second kappa shape index (κ2) is 7.71. The summed E-state index contributed by atoms with van der Waals surface area (Å²) >= 11 is 1.59. The summed E-state index contributed by atoms with van der Waals surface area (Å²) in [5, 5.41) is 14.2. The van der Waals surface area contributed by atoms with E-state index in [1.807, 2.05) is 23.6 Å². The normalized spacial score (nSPS) is 15.3. The van der Waals surface area contributed by atoms with Crippen molar-refractivity contribution in [1.29, 1.82) is 5.26 Å². The van der Waals surface area contributed by atoms with Gasteiger partial charge < -0.3 is 9.88 Å². The summed E-state index contributed by atoms with van der Waals surface area (Å²) in [6, 6.07) is 8.60. The molecular weight excluding hydrogens is 330 g/mol. The van der Waals surface area contributed by atoms with Crippen LogP contribution in [0, 0.1) is 25.2 Å². The van der Waals surface area contributed by atoms with Crippen molar-refractivity contribution in [3.63, 3.8) is 0 Å². The van der Waals surface area contributed by atoms with E-state index in [1.165, 1.54) is 31.4 Å². The van der Waals surface area contributed by atoms with Crippen molar-refractivity contribution in [1.82, 2.24) is 9.88 Å². The minimum Gasteiger partial charge on any atom is -0.347 e. The van der Waals surface area contributed by atoms with E-state index in [4.69, 9.17) is 0 Å². The van der Waals surface area contributed by atoms with Crippen LogP contribution in [0.4, 0.5) is 0 Å². The first-order valence-electron chi connectivity index (χ1n) is 8.71. The highest BCUT2D eigenvalue weighted by Gasteiger charge is 2.21. The topological polar surface area (TPSA) is 57.8 Å². The molecule has 2 aromatic rings. The van der Waals surface area contributed by atoms with Gasteiger partial charge in [-0.15, -0.1) is 11.3 Å². The molecule has 1 aliphatic rings. The Morgan fingerprint density at radius 1 is 1.44 bits per heavy atom. The van der Waals surface area contributed by atoms with Crippen LogP contribution in [-0.2, 0) is 11.3 Å². The Bertz CT molecular complexity index is 818. The Hall–Kier alpha value is -2.32. The fourth-order valence-corrected chi connectivity index (χ4v) is 4.30. The molecular formula is C20H23N3OS. The molecule has 0 aliphatic heterocycles. The Morgan fingerprint density at radius 3 is 2.84 bits per heavy atom. The number of aryl methyl sites for hydroxylation is 1. The van der Waals surface area contributed by atoms with Crippen molar-refractivity contribution >= 4 is 23.3 Å². The molecule has 0 aromatic carbocycles. The van der Waals surface area contributed by atoms with Gasteiger partial charge in [0.05, 0.1) is 6.54 Å². The van der Waals surface area contributed by atoms with E-state index in [2.05, 4.69) is 29.8 Å². The lowest BCUT2D eigenvalue weighted by Gasteiger charge is -2.17. The van der Waals surface area contributed by atoms with E-state index in [0.717, 1.165) is 16.1 Å². The highest BCUT2D eigenvalue weighted by Crippen LogP contribution is 2.33. The molecule has 0 saturated heterocycles. The number of nitriles is 1. The molecule has 1 aliphatic carbocycles. The van der Waals surface area contributed by atoms with Crippen molar-refractivity contribution in [3.8, 4) is 6.07 Å². The lowest BCUT2D eigenvalue weighted by Crippen LogP contribution is -2.23. The molecule has 1 saturated carbocycles. The number of carbonyl (C=O) groups is 1. The number of amides is 1. The lowest BCUT2D eigenvalue weighted by atomic mass is 10.1. The summed E-state index contributed by atoms with van der Waals surface area (Å²) in [6.07, 6.45) is 6.71. The summed E-state index contributed by atoms with van der Waals surface area (Å²) in [5.41, 5.74) is 3.46. The molecule has 0 spiro atoms. The predicted octanol–water partition coefficient (Wildman–Crippen LogP) is 4.50. The number of nitrogens with one attached hydrogen (secondary N) is 1. The molecule has 0 atom stereocenters. The molecule has 0 radical (unpaired) electrons. The summed E-state index contributed by atoms with van der Waals surface area (Å²) in [7, 11) is 0. The van der Waals surface area contributed by atoms with E-state index < -0.39 is 0 Å². The van der Waals surface area contributed by atoms with Gasteiger partial charge in [0.15, 0.2) is 0 Å². The van der Waals surface area contributed by atoms with Crippen LogP contribution >= 0.6 is 11.3 Å². The molecule has 1 N–H and O–H groups in total. The van der Waals surface area contributed by atoms with Crippen LogP contribution in [0.2, 0.25) is 0 Å². The van der Waals surface area contributed by atoms with Crippen molar-refractivity contribution in [2.75, 3.05) is 0 Å². The fourth-order valence-electron chi connectivity index (χ4n) is 3.65. The van der Waals surface area contributed by atoms with Gasteiger partial charge in [-0.1, -0.05) is 18.9 Å². The zero-order chi connectivity index (χ0) is 17.8. The molecule has 1 fully saturated rings. The number of rotatable bonds is 5. The first-order valence-corrected chi connectivity index (χ1v) is 9.59. The highest BCUT2D eigenvalue weighted by atomic mass is 32.1. The first kappa shape index (κ1) is 17.5. The number of hydrogen-bond donors (Lipinski definition) is 1. The number of thiophene rings is 1. The Labute approximate surface area is 152 Å². The second-order valence-electron chi connectivity index (χ2n) is 6.57. The molecule has 1 amide bonds. The van der Waals surface area contributed by atoms with Crippen molar-refractivity contribution in [3.05, 3.63) is 51.0 Å². The summed E-state index contributed by atoms with van der Waals surface area (Å²) in [5.74, 6) is -0.318. The van der Waals surface area contributed by atoms with Gasteiger partial charge in [0, 0.05) is 22.3 Å². The average molecular weight is 353 g/mol. The molecule has 130 valence electrons. The van der Waals surface area contributed by atoms with Crippen molar-refractivity contribution < 1.29 is 4.79 Å². The highest BCUT2D eigenvalue weighted by molar-refractivity contribution is 7.09. The third kappa shape index (κ3) is 3.85. The van der Waals surface area contributed by atoms with Gasteiger partial charge in [-0.25, -0.2) is 0 Å². The maximum Gasteiger partial charge on any atom is 0.262 e. The van der Waals surface area contributed by atoms with Crippen LogP contribution in [0.15, 0.2) is 29.2 Å². The number of hydrogen-bond acceptors (Lipinski definition) is 3. The van der Waals surface area contributed by atoms with Gasteiger partial charge in [-0.05, 0) is 55.8 Å². The number of carbonyl (C=O) groups excluding carboxylic acids is 1. The van der Waals surface area contributed by atoms with Gasteiger partial charge >= 0.3 is 0 Å². The SMILES string of the molecule is Cc1cc(C=C(C#N)C(=O)NCc2cccs2)c(C)n1C1CCCC1. The smallest absolute Gasteiger partial charge is 0.262 e. The molecule has 5 heteroatoms. The van der Waals surface area contributed by atoms with E-state index in [1.54, 1.807) is 17.4 Å². The second-order valence-corrected chi connectivity index (χ2v) is 7.60. The maximum absolute atomic E-state index is 12.3. The summed E-state index contributed by atoms with van der Waals surface area (Å²) in [4.78, 5) is 13.4. The van der Waals surface area contributed by atoms with E-state index in [0.29, 0.717) is 12.6 Å². The van der Waals surface area contributed by atoms with Crippen LogP contribution in [0.5, 0.6) is 0 Å². The van der Waals surface area contributed by atoms with Crippen molar-refractivity contribution in [2.45, 2.75) is 52.1 Å². The average Bonchev–Trinajstić information content (AvgIpc) is 3.33. The molecule has 4 nitrogen and oxygen atoms in total. The quantitative estimate of drug-likeness (QED) is 0.635. The predicted molar refractivity (Wildman–Crippen MR) is 101 cm³/mol. The molecule has 25 heavy (non-hydrogen) atoms. The van der Waals surface area contributed by atoms with Crippen molar-refractivity contribution in [2.24, 2.45) is 0 Å². The molecule has 2 heterocycles.